The molecular weight excluding hydrogens is 188 g/mol. The van der Waals surface area contributed by atoms with Crippen molar-refractivity contribution in [2.24, 2.45) is 0 Å². The normalized spacial score (nSPS) is 10.7. The van der Waals surface area contributed by atoms with E-state index >= 15 is 0 Å². The summed E-state index contributed by atoms with van der Waals surface area (Å²) in [5.74, 6) is 0.749. The molecule has 1 N–H and O–H groups in total. The molecule has 0 saturated carbocycles. The summed E-state index contributed by atoms with van der Waals surface area (Å²) in [4.78, 5) is 10.3. The Bertz CT molecular complexity index is 354. The number of aldehydes is 1. The van der Waals surface area contributed by atoms with Gasteiger partial charge in [0.1, 0.15) is 12.0 Å². The van der Waals surface area contributed by atoms with Crippen LogP contribution in [0.1, 0.15) is 42.9 Å². The average molecular weight is 206 g/mol. The summed E-state index contributed by atoms with van der Waals surface area (Å²) in [5.41, 5.74) is 3.22. The Morgan fingerprint density at radius 3 is 2.60 bits per heavy atom. The summed E-state index contributed by atoms with van der Waals surface area (Å²) in [6, 6.07) is 3.80. The third-order valence-corrected chi connectivity index (χ3v) is 2.62. The van der Waals surface area contributed by atoms with Crippen LogP contribution in [0.25, 0.3) is 0 Å². The van der Waals surface area contributed by atoms with E-state index < -0.39 is 0 Å². The maximum Gasteiger partial charge on any atom is 0.120 e. The molecule has 2 heteroatoms. The van der Waals surface area contributed by atoms with Crippen LogP contribution in [0, 0.1) is 6.92 Å². The fourth-order valence-electron chi connectivity index (χ4n) is 1.79. The Balaban J connectivity index is 3.05. The lowest BCUT2D eigenvalue weighted by Gasteiger charge is -2.13. The van der Waals surface area contributed by atoms with Crippen molar-refractivity contribution in [2.75, 3.05) is 0 Å². The first-order valence-corrected chi connectivity index (χ1v) is 5.32. The van der Waals surface area contributed by atoms with Crippen molar-refractivity contribution in [1.29, 1.82) is 0 Å². The summed E-state index contributed by atoms with van der Waals surface area (Å²) in [7, 11) is 0. The van der Waals surface area contributed by atoms with Crippen molar-refractivity contribution in [2.45, 2.75) is 39.5 Å². The van der Waals surface area contributed by atoms with E-state index in [1.165, 1.54) is 5.56 Å². The summed E-state index contributed by atoms with van der Waals surface area (Å²) in [6.07, 6.45) is 1.97. The van der Waals surface area contributed by atoms with E-state index in [9.17, 15) is 9.90 Å². The molecule has 0 aliphatic heterocycles. The van der Waals surface area contributed by atoms with Gasteiger partial charge in [0.15, 0.2) is 0 Å². The molecule has 0 aromatic heterocycles. The summed E-state index contributed by atoms with van der Waals surface area (Å²) in [6.45, 7) is 6.25. The highest BCUT2D eigenvalue weighted by atomic mass is 16.3. The van der Waals surface area contributed by atoms with Crippen molar-refractivity contribution in [3.63, 3.8) is 0 Å². The van der Waals surface area contributed by atoms with Crippen molar-refractivity contribution < 1.29 is 9.90 Å². The fraction of sp³-hybridized carbons (Fsp3) is 0.462. The van der Waals surface area contributed by atoms with Gasteiger partial charge in [0.25, 0.3) is 0 Å². The first-order chi connectivity index (χ1) is 7.06. The molecule has 0 radical (unpaired) electrons. The van der Waals surface area contributed by atoms with E-state index in [2.05, 4.69) is 13.8 Å². The molecule has 0 bridgehead atoms. The number of benzene rings is 1. The Kier molecular flexibility index (Phi) is 3.89. The molecule has 15 heavy (non-hydrogen) atoms. The minimum absolute atomic E-state index is 0.304. The van der Waals surface area contributed by atoms with E-state index in [4.69, 9.17) is 0 Å². The average Bonchev–Trinajstić information content (AvgIpc) is 2.16. The van der Waals surface area contributed by atoms with Gasteiger partial charge in [0, 0.05) is 6.42 Å². The van der Waals surface area contributed by atoms with Crippen LogP contribution < -0.4 is 0 Å². The number of carbonyl (C=O) groups excluding carboxylic acids is 1. The second-order valence-corrected chi connectivity index (χ2v) is 4.20. The molecule has 1 aromatic carbocycles. The second-order valence-electron chi connectivity index (χ2n) is 4.20. The third kappa shape index (κ3) is 2.82. The van der Waals surface area contributed by atoms with E-state index in [0.29, 0.717) is 24.5 Å². The van der Waals surface area contributed by atoms with Gasteiger partial charge in [-0.05, 0) is 42.0 Å². The quantitative estimate of drug-likeness (QED) is 0.769. The molecule has 0 saturated heterocycles. The van der Waals surface area contributed by atoms with Gasteiger partial charge in [-0.2, -0.15) is 0 Å². The second kappa shape index (κ2) is 4.96. The van der Waals surface area contributed by atoms with Crippen LogP contribution in [-0.2, 0) is 11.2 Å². The smallest absolute Gasteiger partial charge is 0.120 e. The third-order valence-electron chi connectivity index (χ3n) is 2.62. The molecule has 0 aliphatic carbocycles. The Morgan fingerprint density at radius 2 is 2.07 bits per heavy atom. The highest BCUT2D eigenvalue weighted by Crippen LogP contribution is 2.27. The predicted octanol–water partition coefficient (Wildman–Crippen LogP) is 2.96. The van der Waals surface area contributed by atoms with Gasteiger partial charge in [-0.15, -0.1) is 0 Å². The van der Waals surface area contributed by atoms with Crippen molar-refractivity contribution in [3.05, 3.63) is 28.8 Å². The lowest BCUT2D eigenvalue weighted by molar-refractivity contribution is -0.107. The van der Waals surface area contributed by atoms with Gasteiger partial charge in [0.05, 0.1) is 0 Å². The molecule has 0 atom stereocenters. The number of carbonyl (C=O) groups is 1. The SMILES string of the molecule is Cc1cc(O)c(CCC=O)cc1C(C)C. The lowest BCUT2D eigenvalue weighted by atomic mass is 9.94. The van der Waals surface area contributed by atoms with E-state index in [0.717, 1.165) is 17.4 Å². The molecule has 2 nitrogen and oxygen atoms in total. The molecule has 1 rings (SSSR count). The van der Waals surface area contributed by atoms with E-state index in [1.807, 2.05) is 13.0 Å². The highest BCUT2D eigenvalue weighted by Gasteiger charge is 2.08. The fourth-order valence-corrected chi connectivity index (χ4v) is 1.79. The number of phenols is 1. The molecular formula is C13H18O2. The number of rotatable bonds is 4. The molecule has 0 aliphatic rings. The van der Waals surface area contributed by atoms with Crippen molar-refractivity contribution >= 4 is 6.29 Å². The highest BCUT2D eigenvalue weighted by molar-refractivity contribution is 5.51. The number of phenolic OH excluding ortho intramolecular Hbond substituents is 1. The van der Waals surface area contributed by atoms with Crippen LogP contribution in [0.15, 0.2) is 12.1 Å². The zero-order valence-electron chi connectivity index (χ0n) is 9.58. The summed E-state index contributed by atoms with van der Waals surface area (Å²) in [5, 5.41) is 9.71. The van der Waals surface area contributed by atoms with Gasteiger partial charge < -0.3 is 9.90 Å². The van der Waals surface area contributed by atoms with Crippen molar-refractivity contribution in [1.82, 2.24) is 0 Å². The standard InChI is InChI=1S/C13H18O2/c1-9(2)12-8-11(5-4-6-14)13(15)7-10(12)3/h6-9,15H,4-5H2,1-3H3. The molecule has 0 amide bonds. The van der Waals surface area contributed by atoms with E-state index in [-0.39, 0.29) is 0 Å². The number of aromatic hydroxyl groups is 1. The zero-order chi connectivity index (χ0) is 11.4. The van der Waals surface area contributed by atoms with Gasteiger partial charge in [-0.25, -0.2) is 0 Å². The first-order valence-electron chi connectivity index (χ1n) is 5.32. The molecule has 0 fully saturated rings. The molecule has 0 spiro atoms. The first kappa shape index (κ1) is 11.8. The zero-order valence-corrected chi connectivity index (χ0v) is 9.58. The number of hydrogen-bond donors (Lipinski definition) is 1. The predicted molar refractivity (Wildman–Crippen MR) is 61.3 cm³/mol. The van der Waals surface area contributed by atoms with Gasteiger partial charge in [0.2, 0.25) is 0 Å². The van der Waals surface area contributed by atoms with Crippen molar-refractivity contribution in [3.8, 4) is 5.75 Å². The van der Waals surface area contributed by atoms with Crippen LogP contribution in [0.3, 0.4) is 0 Å². The summed E-state index contributed by atoms with van der Waals surface area (Å²) >= 11 is 0. The van der Waals surface area contributed by atoms with Gasteiger partial charge in [-0.1, -0.05) is 19.9 Å². The van der Waals surface area contributed by atoms with Gasteiger partial charge in [-0.3, -0.25) is 0 Å². The van der Waals surface area contributed by atoms with Crippen LogP contribution in [-0.4, -0.2) is 11.4 Å². The minimum atomic E-state index is 0.304. The minimum Gasteiger partial charge on any atom is -0.508 e. The van der Waals surface area contributed by atoms with Crippen LogP contribution in [0.5, 0.6) is 5.75 Å². The van der Waals surface area contributed by atoms with E-state index in [1.54, 1.807) is 6.07 Å². The van der Waals surface area contributed by atoms with Gasteiger partial charge >= 0.3 is 0 Å². The molecule has 0 unspecified atom stereocenters. The lowest BCUT2D eigenvalue weighted by Crippen LogP contribution is -1.96. The maximum atomic E-state index is 10.3. The Labute approximate surface area is 90.9 Å². The molecule has 1 aromatic rings. The molecule has 0 heterocycles. The number of hydrogen-bond acceptors (Lipinski definition) is 2. The maximum absolute atomic E-state index is 10.3. The molecule has 82 valence electrons. The summed E-state index contributed by atoms with van der Waals surface area (Å²) < 4.78 is 0. The Hall–Kier alpha value is -1.31. The Morgan fingerprint density at radius 1 is 1.40 bits per heavy atom. The monoisotopic (exact) mass is 206 g/mol. The van der Waals surface area contributed by atoms with Crippen LogP contribution in [0.4, 0.5) is 0 Å². The number of aryl methyl sites for hydroxylation is 2. The van der Waals surface area contributed by atoms with Crippen LogP contribution >= 0.6 is 0 Å². The van der Waals surface area contributed by atoms with Crippen LogP contribution in [0.2, 0.25) is 0 Å². The topological polar surface area (TPSA) is 37.3 Å². The largest absolute Gasteiger partial charge is 0.508 e.